The molecule has 2 aromatic carbocycles. The summed E-state index contributed by atoms with van der Waals surface area (Å²) in [7, 11) is -2.20. The Morgan fingerprint density at radius 2 is 1.76 bits per heavy atom. The molecule has 1 fully saturated rings. The molecule has 3 rings (SSSR count). The molecule has 33 heavy (non-hydrogen) atoms. The summed E-state index contributed by atoms with van der Waals surface area (Å²) in [5.41, 5.74) is 0.483. The Labute approximate surface area is 193 Å². The van der Waals surface area contributed by atoms with Crippen LogP contribution in [0.4, 0.5) is 5.69 Å². The SMILES string of the molecule is COc1ccc(OCCCC(=O)Nc2ccc(S(=O)(=O)N3CCC[C@@H](C(=O)O)C3)cc2)cc1. The first-order chi connectivity index (χ1) is 15.8. The van der Waals surface area contributed by atoms with Crippen LogP contribution < -0.4 is 14.8 Å². The average Bonchev–Trinajstić information content (AvgIpc) is 2.82. The Bertz CT molecular complexity index is 1050. The molecule has 0 aliphatic carbocycles. The van der Waals surface area contributed by atoms with Crippen LogP contribution in [0.5, 0.6) is 11.5 Å². The highest BCUT2D eigenvalue weighted by Gasteiger charge is 2.33. The third kappa shape index (κ3) is 6.69. The molecule has 10 heteroatoms. The molecule has 2 N–H and O–H groups in total. The van der Waals surface area contributed by atoms with Crippen LogP contribution in [0.1, 0.15) is 25.7 Å². The topological polar surface area (TPSA) is 122 Å². The molecule has 1 amide bonds. The zero-order valence-corrected chi connectivity index (χ0v) is 19.2. The van der Waals surface area contributed by atoms with Crippen molar-refractivity contribution in [3.63, 3.8) is 0 Å². The highest BCUT2D eigenvalue weighted by Crippen LogP contribution is 2.25. The van der Waals surface area contributed by atoms with Gasteiger partial charge in [0.1, 0.15) is 11.5 Å². The standard InChI is InChI=1S/C23H28N2O7S/c1-31-19-8-10-20(11-9-19)32-15-3-5-22(26)24-18-6-12-21(13-7-18)33(29,30)25-14-2-4-17(16-25)23(27)28/h6-13,17H,2-5,14-16H2,1H3,(H,24,26)(H,27,28)/t17-/m1/s1. The van der Waals surface area contributed by atoms with Gasteiger partial charge in [-0.05, 0) is 67.8 Å². The van der Waals surface area contributed by atoms with Crippen LogP contribution in [-0.4, -0.2) is 56.5 Å². The number of carbonyl (C=O) groups excluding carboxylic acids is 1. The van der Waals surface area contributed by atoms with Crippen molar-refractivity contribution < 1.29 is 32.6 Å². The lowest BCUT2D eigenvalue weighted by atomic mass is 10.0. The van der Waals surface area contributed by atoms with Crippen molar-refractivity contribution in [3.8, 4) is 11.5 Å². The van der Waals surface area contributed by atoms with E-state index in [1.165, 1.54) is 28.6 Å². The number of ether oxygens (including phenoxy) is 2. The summed E-state index contributed by atoms with van der Waals surface area (Å²) >= 11 is 0. The number of amides is 1. The van der Waals surface area contributed by atoms with Crippen LogP contribution in [0, 0.1) is 5.92 Å². The summed E-state index contributed by atoms with van der Waals surface area (Å²) in [6.07, 6.45) is 1.74. The predicted molar refractivity (Wildman–Crippen MR) is 122 cm³/mol. The number of benzene rings is 2. The predicted octanol–water partition coefficient (Wildman–Crippen LogP) is 2.98. The Balaban J connectivity index is 1.47. The first-order valence-corrected chi connectivity index (χ1v) is 12.1. The maximum Gasteiger partial charge on any atom is 0.307 e. The summed E-state index contributed by atoms with van der Waals surface area (Å²) in [5.74, 6) is -0.454. The maximum absolute atomic E-state index is 12.8. The monoisotopic (exact) mass is 476 g/mol. The fraction of sp³-hybridized carbons (Fsp3) is 0.391. The van der Waals surface area contributed by atoms with E-state index in [9.17, 15) is 23.1 Å². The lowest BCUT2D eigenvalue weighted by Crippen LogP contribution is -2.42. The van der Waals surface area contributed by atoms with Gasteiger partial charge < -0.3 is 19.9 Å². The van der Waals surface area contributed by atoms with Crippen LogP contribution >= 0.6 is 0 Å². The molecule has 0 radical (unpaired) electrons. The molecule has 0 bridgehead atoms. The zero-order chi connectivity index (χ0) is 23.8. The van der Waals surface area contributed by atoms with Gasteiger partial charge in [-0.3, -0.25) is 9.59 Å². The quantitative estimate of drug-likeness (QED) is 0.506. The van der Waals surface area contributed by atoms with E-state index in [0.717, 1.165) is 5.75 Å². The second kappa shape index (κ2) is 11.2. The van der Waals surface area contributed by atoms with Crippen LogP contribution in [0.25, 0.3) is 0 Å². The van der Waals surface area contributed by atoms with Crippen molar-refractivity contribution >= 4 is 27.6 Å². The van der Waals surface area contributed by atoms with Crippen molar-refractivity contribution in [2.45, 2.75) is 30.6 Å². The lowest BCUT2D eigenvalue weighted by molar-refractivity contribution is -0.142. The van der Waals surface area contributed by atoms with Gasteiger partial charge in [0.2, 0.25) is 15.9 Å². The molecule has 178 valence electrons. The number of nitrogens with one attached hydrogen (secondary N) is 1. The Hall–Kier alpha value is -3.11. The lowest BCUT2D eigenvalue weighted by Gasteiger charge is -2.29. The molecule has 0 spiro atoms. The van der Waals surface area contributed by atoms with Gasteiger partial charge in [0.05, 0.1) is 24.5 Å². The van der Waals surface area contributed by atoms with Gasteiger partial charge in [-0.15, -0.1) is 0 Å². The zero-order valence-electron chi connectivity index (χ0n) is 18.4. The van der Waals surface area contributed by atoms with Gasteiger partial charge in [-0.1, -0.05) is 0 Å². The highest BCUT2D eigenvalue weighted by atomic mass is 32.2. The van der Waals surface area contributed by atoms with E-state index >= 15 is 0 Å². The van der Waals surface area contributed by atoms with E-state index in [4.69, 9.17) is 9.47 Å². The summed E-state index contributed by atoms with van der Waals surface area (Å²) in [4.78, 5) is 23.5. The van der Waals surface area contributed by atoms with E-state index in [0.29, 0.717) is 43.9 Å². The molecule has 2 aromatic rings. The van der Waals surface area contributed by atoms with Crippen molar-refractivity contribution in [1.29, 1.82) is 0 Å². The van der Waals surface area contributed by atoms with Crippen LogP contribution in [0.2, 0.25) is 0 Å². The van der Waals surface area contributed by atoms with Crippen LogP contribution in [-0.2, 0) is 19.6 Å². The number of carbonyl (C=O) groups is 2. The number of carboxylic acids is 1. The molecule has 1 aliphatic rings. The van der Waals surface area contributed by atoms with Gasteiger partial charge in [0.25, 0.3) is 0 Å². The number of rotatable bonds is 10. The summed E-state index contributed by atoms with van der Waals surface area (Å²) < 4.78 is 37.6. The Morgan fingerprint density at radius 3 is 2.39 bits per heavy atom. The second-order valence-corrected chi connectivity index (χ2v) is 9.68. The normalized spacial score (nSPS) is 16.7. The van der Waals surface area contributed by atoms with Gasteiger partial charge in [-0.25, -0.2) is 8.42 Å². The molecule has 1 saturated heterocycles. The summed E-state index contributed by atoms with van der Waals surface area (Å²) in [6.45, 7) is 0.641. The minimum atomic E-state index is -3.79. The number of nitrogens with zero attached hydrogens (tertiary/aromatic N) is 1. The fourth-order valence-corrected chi connectivity index (χ4v) is 5.06. The van der Waals surface area contributed by atoms with Crippen LogP contribution in [0.3, 0.4) is 0 Å². The van der Waals surface area contributed by atoms with Crippen molar-refractivity contribution in [1.82, 2.24) is 4.31 Å². The maximum atomic E-state index is 12.8. The molecule has 1 aliphatic heterocycles. The molecule has 0 aromatic heterocycles. The first-order valence-electron chi connectivity index (χ1n) is 10.7. The smallest absolute Gasteiger partial charge is 0.307 e. The number of methoxy groups -OCH3 is 1. The third-order valence-electron chi connectivity index (χ3n) is 5.39. The van der Waals surface area contributed by atoms with E-state index in [1.807, 2.05) is 0 Å². The van der Waals surface area contributed by atoms with Gasteiger partial charge in [-0.2, -0.15) is 4.31 Å². The van der Waals surface area contributed by atoms with Crippen LogP contribution in [0.15, 0.2) is 53.4 Å². The molecular weight excluding hydrogens is 448 g/mol. The summed E-state index contributed by atoms with van der Waals surface area (Å²) in [5, 5.41) is 11.9. The number of carboxylic acid groups (broad SMARTS) is 1. The third-order valence-corrected chi connectivity index (χ3v) is 7.26. The molecule has 1 atom stereocenters. The van der Waals surface area contributed by atoms with E-state index in [2.05, 4.69) is 5.32 Å². The van der Waals surface area contributed by atoms with Crippen molar-refractivity contribution in [2.24, 2.45) is 5.92 Å². The number of piperidine rings is 1. The summed E-state index contributed by atoms with van der Waals surface area (Å²) in [6, 6.07) is 13.1. The average molecular weight is 477 g/mol. The number of aliphatic carboxylic acids is 1. The number of sulfonamides is 1. The molecule has 1 heterocycles. The molecule has 0 saturated carbocycles. The van der Waals surface area contributed by atoms with E-state index in [1.54, 1.807) is 31.4 Å². The van der Waals surface area contributed by atoms with Gasteiger partial charge in [0.15, 0.2) is 0 Å². The minimum absolute atomic E-state index is 0.0330. The van der Waals surface area contributed by atoms with E-state index in [-0.39, 0.29) is 23.8 Å². The molecule has 9 nitrogen and oxygen atoms in total. The largest absolute Gasteiger partial charge is 0.497 e. The highest BCUT2D eigenvalue weighted by molar-refractivity contribution is 7.89. The van der Waals surface area contributed by atoms with E-state index < -0.39 is 21.9 Å². The van der Waals surface area contributed by atoms with Gasteiger partial charge in [0, 0.05) is 25.2 Å². The fourth-order valence-electron chi connectivity index (χ4n) is 3.54. The number of hydrogen-bond acceptors (Lipinski definition) is 6. The van der Waals surface area contributed by atoms with Gasteiger partial charge >= 0.3 is 5.97 Å². The first kappa shape index (κ1) is 24.5. The van der Waals surface area contributed by atoms with Crippen molar-refractivity contribution in [3.05, 3.63) is 48.5 Å². The second-order valence-electron chi connectivity index (χ2n) is 7.74. The Morgan fingerprint density at radius 1 is 1.09 bits per heavy atom. The minimum Gasteiger partial charge on any atom is -0.497 e. The number of hydrogen-bond donors (Lipinski definition) is 2. The molecule has 0 unspecified atom stereocenters. The van der Waals surface area contributed by atoms with Crippen molar-refractivity contribution in [2.75, 3.05) is 32.1 Å². The molecular formula is C23H28N2O7S. The number of anilines is 1. The Kier molecular flexibility index (Phi) is 8.29.